The van der Waals surface area contributed by atoms with Gasteiger partial charge in [-0.2, -0.15) is 0 Å². The number of fused-ring (bicyclic) bond motifs is 2. The molecule has 2 aliphatic rings. The van der Waals surface area contributed by atoms with E-state index in [9.17, 15) is 4.79 Å². The number of pyridine rings is 1. The van der Waals surface area contributed by atoms with Gasteiger partial charge in [-0.3, -0.25) is 9.80 Å². The lowest BCUT2D eigenvalue weighted by Crippen LogP contribution is -2.50. The maximum atomic E-state index is 12.1. The van der Waals surface area contributed by atoms with Gasteiger partial charge in [0, 0.05) is 18.3 Å². The Bertz CT molecular complexity index is 608. The van der Waals surface area contributed by atoms with E-state index < -0.39 is 0 Å². The van der Waals surface area contributed by atoms with Gasteiger partial charge in [0.25, 0.3) is 0 Å². The second-order valence-electron chi connectivity index (χ2n) is 6.35. The van der Waals surface area contributed by atoms with Gasteiger partial charge >= 0.3 is 0 Å². The fourth-order valence-electron chi connectivity index (χ4n) is 3.27. The van der Waals surface area contributed by atoms with Crippen LogP contribution in [-0.2, 0) is 4.79 Å². The predicted octanol–water partition coefficient (Wildman–Crippen LogP) is 2.11. The van der Waals surface area contributed by atoms with Crippen molar-refractivity contribution in [2.75, 3.05) is 18.1 Å². The standard InChI is InChI=1S/C17H24N4O/c1-4-7-19-21-10-12-9-14(22)20-16(11(2)3)15(12)13-6-5-8-18-17(13)21/h5-6,8,11,16,19H,4,7,9-10H2,1-3H3,(H,20,22). The first kappa shape index (κ1) is 15.0. The van der Waals surface area contributed by atoms with Crippen molar-refractivity contribution >= 4 is 17.3 Å². The molecule has 2 aliphatic heterocycles. The van der Waals surface area contributed by atoms with Crippen molar-refractivity contribution in [1.29, 1.82) is 0 Å². The molecule has 2 N–H and O–H groups in total. The average molecular weight is 300 g/mol. The summed E-state index contributed by atoms with van der Waals surface area (Å²) in [4.78, 5) is 16.6. The summed E-state index contributed by atoms with van der Waals surface area (Å²) in [5.74, 6) is 1.45. The van der Waals surface area contributed by atoms with Crippen LogP contribution in [0.4, 0.5) is 5.82 Å². The minimum atomic E-state index is 0.0764. The number of hydrogen-bond donors (Lipinski definition) is 2. The number of nitrogens with zero attached hydrogens (tertiary/aromatic N) is 2. The van der Waals surface area contributed by atoms with Gasteiger partial charge < -0.3 is 5.32 Å². The third-order valence-electron chi connectivity index (χ3n) is 4.28. The minimum absolute atomic E-state index is 0.0764. The highest BCUT2D eigenvalue weighted by atomic mass is 16.1. The zero-order valence-electron chi connectivity index (χ0n) is 13.5. The Labute approximate surface area is 131 Å². The maximum Gasteiger partial charge on any atom is 0.224 e. The Hall–Kier alpha value is -1.88. The molecule has 0 radical (unpaired) electrons. The quantitative estimate of drug-likeness (QED) is 0.894. The topological polar surface area (TPSA) is 57.3 Å². The van der Waals surface area contributed by atoms with Gasteiger partial charge in [-0.25, -0.2) is 10.4 Å². The monoisotopic (exact) mass is 300 g/mol. The fraction of sp³-hybridized carbons (Fsp3) is 0.529. The molecule has 0 spiro atoms. The lowest BCUT2D eigenvalue weighted by Gasteiger charge is -2.40. The van der Waals surface area contributed by atoms with E-state index in [-0.39, 0.29) is 11.9 Å². The molecule has 22 heavy (non-hydrogen) atoms. The zero-order chi connectivity index (χ0) is 15.7. The molecule has 0 aliphatic carbocycles. The van der Waals surface area contributed by atoms with Gasteiger partial charge in [0.2, 0.25) is 5.91 Å². The minimum Gasteiger partial charge on any atom is -0.349 e. The van der Waals surface area contributed by atoms with Gasteiger partial charge in [0.15, 0.2) is 5.82 Å². The van der Waals surface area contributed by atoms with Gasteiger partial charge in [-0.15, -0.1) is 0 Å². The lowest BCUT2D eigenvalue weighted by atomic mass is 9.81. The number of nitrogens with one attached hydrogen (secondary N) is 2. The van der Waals surface area contributed by atoms with Crippen molar-refractivity contribution in [3.8, 4) is 0 Å². The van der Waals surface area contributed by atoms with Crippen LogP contribution in [0.25, 0.3) is 5.57 Å². The van der Waals surface area contributed by atoms with E-state index in [2.05, 4.69) is 47.6 Å². The number of hydrazine groups is 1. The van der Waals surface area contributed by atoms with Crippen molar-refractivity contribution in [2.24, 2.45) is 5.92 Å². The molecule has 1 unspecified atom stereocenters. The van der Waals surface area contributed by atoms with Crippen LogP contribution in [0.1, 0.15) is 39.2 Å². The molecule has 1 aromatic heterocycles. The first-order chi connectivity index (χ1) is 10.6. The van der Waals surface area contributed by atoms with Crippen molar-refractivity contribution in [3.05, 3.63) is 29.5 Å². The summed E-state index contributed by atoms with van der Waals surface area (Å²) in [6.45, 7) is 8.08. The van der Waals surface area contributed by atoms with Crippen LogP contribution in [0.2, 0.25) is 0 Å². The van der Waals surface area contributed by atoms with Crippen molar-refractivity contribution < 1.29 is 4.79 Å². The largest absolute Gasteiger partial charge is 0.349 e. The van der Waals surface area contributed by atoms with E-state index >= 15 is 0 Å². The third kappa shape index (κ3) is 2.61. The van der Waals surface area contributed by atoms with Gasteiger partial charge in [0.1, 0.15) is 0 Å². The first-order valence-electron chi connectivity index (χ1n) is 8.09. The highest BCUT2D eigenvalue weighted by Gasteiger charge is 2.35. The summed E-state index contributed by atoms with van der Waals surface area (Å²) in [6, 6.07) is 4.16. The van der Waals surface area contributed by atoms with E-state index in [0.717, 1.165) is 30.9 Å². The summed E-state index contributed by atoms with van der Waals surface area (Å²) in [5.41, 5.74) is 7.05. The first-order valence-corrected chi connectivity index (χ1v) is 8.09. The van der Waals surface area contributed by atoms with Crippen LogP contribution in [0, 0.1) is 5.92 Å². The molecule has 5 nitrogen and oxygen atoms in total. The second kappa shape index (κ2) is 6.08. The fourth-order valence-corrected chi connectivity index (χ4v) is 3.27. The van der Waals surface area contributed by atoms with Crippen LogP contribution in [0.15, 0.2) is 23.9 Å². The highest BCUT2D eigenvalue weighted by Crippen LogP contribution is 2.39. The number of amides is 1. The second-order valence-corrected chi connectivity index (χ2v) is 6.35. The van der Waals surface area contributed by atoms with Crippen molar-refractivity contribution in [1.82, 2.24) is 15.7 Å². The summed E-state index contributed by atoms with van der Waals surface area (Å²) < 4.78 is 0. The molecule has 3 rings (SSSR count). The molecule has 1 aromatic rings. The molecular weight excluding hydrogens is 276 g/mol. The molecule has 3 heterocycles. The molecule has 1 atom stereocenters. The van der Waals surface area contributed by atoms with Gasteiger partial charge in [0.05, 0.1) is 19.0 Å². The Kier molecular flexibility index (Phi) is 4.16. The molecule has 0 saturated carbocycles. The van der Waals surface area contributed by atoms with Crippen LogP contribution < -0.4 is 15.8 Å². The van der Waals surface area contributed by atoms with E-state index in [1.807, 2.05) is 12.3 Å². The zero-order valence-corrected chi connectivity index (χ0v) is 13.5. The Morgan fingerprint density at radius 3 is 3.05 bits per heavy atom. The number of carbonyl (C=O) groups excluding carboxylic acids is 1. The van der Waals surface area contributed by atoms with E-state index in [1.165, 1.54) is 11.1 Å². The highest BCUT2D eigenvalue weighted by molar-refractivity contribution is 5.93. The van der Waals surface area contributed by atoms with Crippen LogP contribution in [0.3, 0.4) is 0 Å². The molecular formula is C17H24N4O. The summed E-state index contributed by atoms with van der Waals surface area (Å²) in [5, 5.41) is 5.24. The summed E-state index contributed by atoms with van der Waals surface area (Å²) in [6.07, 6.45) is 3.37. The Balaban J connectivity index is 2.06. The van der Waals surface area contributed by atoms with Crippen LogP contribution in [-0.4, -0.2) is 30.0 Å². The summed E-state index contributed by atoms with van der Waals surface area (Å²) >= 11 is 0. The molecule has 5 heteroatoms. The summed E-state index contributed by atoms with van der Waals surface area (Å²) in [7, 11) is 0. The van der Waals surface area contributed by atoms with E-state index in [1.54, 1.807) is 0 Å². The van der Waals surface area contributed by atoms with Crippen molar-refractivity contribution in [3.63, 3.8) is 0 Å². The number of hydrogen-bond acceptors (Lipinski definition) is 4. The number of carbonyl (C=O) groups is 1. The average Bonchev–Trinajstić information content (AvgIpc) is 2.51. The van der Waals surface area contributed by atoms with E-state index in [4.69, 9.17) is 0 Å². The molecule has 118 valence electrons. The van der Waals surface area contributed by atoms with Gasteiger partial charge in [-0.1, -0.05) is 20.8 Å². The maximum absolute atomic E-state index is 12.1. The third-order valence-corrected chi connectivity index (χ3v) is 4.28. The number of aromatic nitrogens is 1. The Morgan fingerprint density at radius 2 is 2.32 bits per heavy atom. The van der Waals surface area contributed by atoms with Gasteiger partial charge in [-0.05, 0) is 35.6 Å². The SMILES string of the molecule is CCCNN1CC2=C(c3cccnc31)C(C(C)C)NC(=O)C2. The van der Waals surface area contributed by atoms with Crippen molar-refractivity contribution in [2.45, 2.75) is 39.7 Å². The van der Waals surface area contributed by atoms with E-state index in [0.29, 0.717) is 12.3 Å². The number of rotatable bonds is 4. The molecule has 1 amide bonds. The lowest BCUT2D eigenvalue weighted by molar-refractivity contribution is -0.121. The molecule has 0 saturated heterocycles. The molecule has 0 aromatic carbocycles. The normalized spacial score (nSPS) is 20.8. The molecule has 0 fully saturated rings. The predicted molar refractivity (Wildman–Crippen MR) is 88.2 cm³/mol. The Morgan fingerprint density at radius 1 is 1.50 bits per heavy atom. The van der Waals surface area contributed by atoms with Crippen LogP contribution in [0.5, 0.6) is 0 Å². The smallest absolute Gasteiger partial charge is 0.224 e. The number of anilines is 1. The molecule has 0 bridgehead atoms. The van der Waals surface area contributed by atoms with Crippen LogP contribution >= 0.6 is 0 Å².